The van der Waals surface area contributed by atoms with Gasteiger partial charge in [0.25, 0.3) is 0 Å². The summed E-state index contributed by atoms with van der Waals surface area (Å²) in [5.74, 6) is 0.994. The first-order chi connectivity index (χ1) is 13.3. The van der Waals surface area contributed by atoms with Crippen LogP contribution in [0.5, 0.6) is 5.75 Å². The maximum Gasteiger partial charge on any atom is 0.236 e. The van der Waals surface area contributed by atoms with Crippen molar-refractivity contribution in [3.05, 3.63) is 42.0 Å². The zero-order valence-corrected chi connectivity index (χ0v) is 18.0. The fraction of sp³-hybridized carbons (Fsp3) is 0.545. The number of ketones is 1. The van der Waals surface area contributed by atoms with Gasteiger partial charge in [0.2, 0.25) is 5.91 Å². The van der Waals surface area contributed by atoms with E-state index in [9.17, 15) is 9.59 Å². The van der Waals surface area contributed by atoms with Gasteiger partial charge in [0.1, 0.15) is 5.75 Å². The Morgan fingerprint density at radius 1 is 1.07 bits per heavy atom. The molecule has 1 aromatic rings. The summed E-state index contributed by atoms with van der Waals surface area (Å²) in [4.78, 5) is 29.4. The van der Waals surface area contributed by atoms with E-state index in [0.29, 0.717) is 32.7 Å². The van der Waals surface area contributed by atoms with Gasteiger partial charge in [0.05, 0.1) is 13.2 Å². The van der Waals surface area contributed by atoms with Crippen molar-refractivity contribution in [1.82, 2.24) is 14.7 Å². The normalized spacial score (nSPS) is 11.4. The molecule has 0 atom stereocenters. The molecular weight excluding hydrogens is 354 g/mol. The molecule has 0 aliphatic heterocycles. The lowest BCUT2D eigenvalue weighted by Gasteiger charge is -2.21. The summed E-state index contributed by atoms with van der Waals surface area (Å²) in [6, 6.07) is 7.89. The largest absolute Gasteiger partial charge is 0.494 e. The highest BCUT2D eigenvalue weighted by atomic mass is 16.5. The number of carbonyl (C=O) groups excluding carboxylic acids is 2. The SMILES string of the molecule is CCC(=O)/C=C/CN(C)CC(=O)N(C)Cc1ccc(OCCCN(C)C)cc1. The number of ether oxygens (including phenoxy) is 1. The highest BCUT2D eigenvalue weighted by molar-refractivity contribution is 5.89. The number of rotatable bonds is 13. The number of carbonyl (C=O) groups is 2. The molecule has 0 aliphatic rings. The van der Waals surface area contributed by atoms with E-state index in [1.807, 2.05) is 43.1 Å². The summed E-state index contributed by atoms with van der Waals surface area (Å²) in [7, 11) is 7.77. The monoisotopic (exact) mass is 389 g/mol. The fourth-order valence-corrected chi connectivity index (χ4v) is 2.52. The number of likely N-dealkylation sites (N-methyl/N-ethyl adjacent to an activating group) is 2. The number of amides is 1. The number of nitrogens with zero attached hydrogens (tertiary/aromatic N) is 3. The zero-order chi connectivity index (χ0) is 20.9. The molecule has 0 aliphatic carbocycles. The van der Waals surface area contributed by atoms with E-state index in [1.54, 1.807) is 24.1 Å². The van der Waals surface area contributed by atoms with Gasteiger partial charge < -0.3 is 14.5 Å². The molecular formula is C22H35N3O3. The first-order valence-electron chi connectivity index (χ1n) is 9.80. The van der Waals surface area contributed by atoms with Crippen molar-refractivity contribution in [2.75, 3.05) is 54.4 Å². The topological polar surface area (TPSA) is 53.1 Å². The minimum Gasteiger partial charge on any atom is -0.494 e. The summed E-state index contributed by atoms with van der Waals surface area (Å²) in [6.45, 7) is 4.97. The molecule has 1 aromatic carbocycles. The fourth-order valence-electron chi connectivity index (χ4n) is 2.52. The van der Waals surface area contributed by atoms with Crippen LogP contribution in [0.15, 0.2) is 36.4 Å². The van der Waals surface area contributed by atoms with Crippen molar-refractivity contribution >= 4 is 11.7 Å². The highest BCUT2D eigenvalue weighted by Gasteiger charge is 2.11. The first kappa shape index (κ1) is 23.9. The predicted molar refractivity (Wildman–Crippen MR) is 114 cm³/mol. The second kappa shape index (κ2) is 13.1. The van der Waals surface area contributed by atoms with Gasteiger partial charge in [0.15, 0.2) is 5.78 Å². The molecule has 6 nitrogen and oxygen atoms in total. The summed E-state index contributed by atoms with van der Waals surface area (Å²) in [6.07, 6.45) is 4.87. The second-order valence-corrected chi connectivity index (χ2v) is 7.32. The van der Waals surface area contributed by atoms with Crippen LogP contribution in [-0.2, 0) is 16.1 Å². The van der Waals surface area contributed by atoms with E-state index >= 15 is 0 Å². The van der Waals surface area contributed by atoms with E-state index in [1.165, 1.54) is 0 Å². The highest BCUT2D eigenvalue weighted by Crippen LogP contribution is 2.14. The maximum atomic E-state index is 12.4. The predicted octanol–water partition coefficient (Wildman–Crippen LogP) is 2.44. The first-order valence-corrected chi connectivity index (χ1v) is 9.80. The van der Waals surface area contributed by atoms with Gasteiger partial charge in [-0.3, -0.25) is 14.5 Å². The summed E-state index contributed by atoms with van der Waals surface area (Å²) < 4.78 is 5.73. The van der Waals surface area contributed by atoms with E-state index in [0.717, 1.165) is 24.3 Å². The van der Waals surface area contributed by atoms with Crippen LogP contribution in [0.3, 0.4) is 0 Å². The standard InChI is InChI=1S/C22H35N3O3/c1-6-20(26)9-7-15-24(4)18-22(27)25(5)17-19-10-12-21(13-11-19)28-16-8-14-23(2)3/h7,9-13H,6,8,14-18H2,1-5H3/b9-7+. The minimum atomic E-state index is 0.0433. The Hall–Kier alpha value is -2.18. The molecule has 0 bridgehead atoms. The van der Waals surface area contributed by atoms with Gasteiger partial charge in [-0.2, -0.15) is 0 Å². The van der Waals surface area contributed by atoms with Crippen LogP contribution < -0.4 is 4.74 Å². The molecule has 0 aromatic heterocycles. The molecule has 156 valence electrons. The molecule has 0 N–H and O–H groups in total. The van der Waals surface area contributed by atoms with Crippen LogP contribution in [0.4, 0.5) is 0 Å². The van der Waals surface area contributed by atoms with Crippen molar-refractivity contribution in [2.45, 2.75) is 26.3 Å². The lowest BCUT2D eigenvalue weighted by atomic mass is 10.2. The van der Waals surface area contributed by atoms with Gasteiger partial charge in [0, 0.05) is 33.1 Å². The Labute approximate surface area is 169 Å². The number of allylic oxidation sites excluding steroid dienone is 1. The smallest absolute Gasteiger partial charge is 0.236 e. The van der Waals surface area contributed by atoms with Crippen LogP contribution in [0, 0.1) is 0 Å². The van der Waals surface area contributed by atoms with Crippen LogP contribution in [0.2, 0.25) is 0 Å². The molecule has 0 saturated carbocycles. The van der Waals surface area contributed by atoms with E-state index in [2.05, 4.69) is 19.0 Å². The molecule has 6 heteroatoms. The third kappa shape index (κ3) is 10.2. The van der Waals surface area contributed by atoms with Gasteiger partial charge >= 0.3 is 0 Å². The minimum absolute atomic E-state index is 0.0433. The Balaban J connectivity index is 2.38. The molecule has 0 fully saturated rings. The summed E-state index contributed by atoms with van der Waals surface area (Å²) in [5.41, 5.74) is 1.06. The molecule has 0 heterocycles. The van der Waals surface area contributed by atoms with Crippen molar-refractivity contribution in [3.8, 4) is 5.75 Å². The lowest BCUT2D eigenvalue weighted by Crippen LogP contribution is -2.36. The van der Waals surface area contributed by atoms with Gasteiger partial charge in [-0.1, -0.05) is 25.1 Å². The third-order valence-electron chi connectivity index (χ3n) is 4.26. The van der Waals surface area contributed by atoms with E-state index < -0.39 is 0 Å². The lowest BCUT2D eigenvalue weighted by molar-refractivity contribution is -0.131. The maximum absolute atomic E-state index is 12.4. The van der Waals surface area contributed by atoms with E-state index in [-0.39, 0.29) is 11.7 Å². The van der Waals surface area contributed by atoms with Crippen molar-refractivity contribution in [3.63, 3.8) is 0 Å². The number of hydrogen-bond acceptors (Lipinski definition) is 5. The van der Waals surface area contributed by atoms with Crippen LogP contribution in [0.1, 0.15) is 25.3 Å². The Bertz CT molecular complexity index is 626. The second-order valence-electron chi connectivity index (χ2n) is 7.32. The number of benzene rings is 1. The quantitative estimate of drug-likeness (QED) is 0.383. The summed E-state index contributed by atoms with van der Waals surface area (Å²) >= 11 is 0. The van der Waals surface area contributed by atoms with Gasteiger partial charge in [-0.05, 0) is 51.3 Å². The zero-order valence-electron chi connectivity index (χ0n) is 18.0. The summed E-state index contributed by atoms with van der Waals surface area (Å²) in [5, 5.41) is 0. The molecule has 1 rings (SSSR count). The molecule has 1 amide bonds. The Morgan fingerprint density at radius 2 is 1.75 bits per heavy atom. The van der Waals surface area contributed by atoms with Crippen LogP contribution in [0.25, 0.3) is 0 Å². The molecule has 0 radical (unpaired) electrons. The average molecular weight is 390 g/mol. The van der Waals surface area contributed by atoms with Crippen molar-refractivity contribution < 1.29 is 14.3 Å². The molecule has 0 unspecified atom stereocenters. The van der Waals surface area contributed by atoms with Crippen molar-refractivity contribution in [2.24, 2.45) is 0 Å². The molecule has 0 spiro atoms. The average Bonchev–Trinajstić information content (AvgIpc) is 2.66. The van der Waals surface area contributed by atoms with Crippen LogP contribution >= 0.6 is 0 Å². The molecule has 28 heavy (non-hydrogen) atoms. The van der Waals surface area contributed by atoms with Crippen LogP contribution in [-0.4, -0.2) is 80.8 Å². The molecule has 0 saturated heterocycles. The number of hydrogen-bond donors (Lipinski definition) is 0. The van der Waals surface area contributed by atoms with Gasteiger partial charge in [-0.25, -0.2) is 0 Å². The van der Waals surface area contributed by atoms with E-state index in [4.69, 9.17) is 4.74 Å². The van der Waals surface area contributed by atoms with Gasteiger partial charge in [-0.15, -0.1) is 0 Å². The third-order valence-corrected chi connectivity index (χ3v) is 4.26. The Kier molecular flexibility index (Phi) is 11.1. The van der Waals surface area contributed by atoms with Crippen molar-refractivity contribution in [1.29, 1.82) is 0 Å². The Morgan fingerprint density at radius 3 is 2.36 bits per heavy atom.